The molecule has 0 aliphatic rings. The smallest absolute Gasteiger partial charge is 0.267 e. The van der Waals surface area contributed by atoms with Crippen LogP contribution >= 0.6 is 0 Å². The van der Waals surface area contributed by atoms with Crippen molar-refractivity contribution < 1.29 is 12.8 Å². The lowest BCUT2D eigenvalue weighted by molar-refractivity contribution is 0.521. The number of nitrogens with zero attached hydrogens (tertiary/aromatic N) is 3. The minimum Gasteiger partial charge on any atom is -0.267 e. The molecule has 4 rings (SSSR count). The maximum atomic E-state index is 14.4. The van der Waals surface area contributed by atoms with E-state index in [1.54, 1.807) is 42.5 Å². The van der Waals surface area contributed by atoms with E-state index in [2.05, 4.69) is 5.10 Å². The number of hydrogen-bond acceptors (Lipinski definition) is 4. The van der Waals surface area contributed by atoms with Crippen molar-refractivity contribution in [2.24, 2.45) is 0 Å². The Hall–Kier alpha value is -3.36. The van der Waals surface area contributed by atoms with Gasteiger partial charge in [0.25, 0.3) is 5.56 Å². The minimum atomic E-state index is -3.66. The Morgan fingerprint density at radius 2 is 1.57 bits per heavy atom. The number of aromatic nitrogens is 2. The van der Waals surface area contributed by atoms with Gasteiger partial charge in [0.05, 0.1) is 16.0 Å². The third kappa shape index (κ3) is 3.30. The zero-order chi connectivity index (χ0) is 21.5. The Balaban J connectivity index is 2.05. The molecule has 1 heterocycles. The number of halogens is 1. The van der Waals surface area contributed by atoms with Gasteiger partial charge in [0.15, 0.2) is 0 Å². The highest BCUT2D eigenvalue weighted by molar-refractivity contribution is 7.89. The van der Waals surface area contributed by atoms with Crippen LogP contribution in [0.25, 0.3) is 27.7 Å². The molecule has 0 atom stereocenters. The van der Waals surface area contributed by atoms with Gasteiger partial charge in [-0.2, -0.15) is 9.78 Å². The third-order valence-corrected chi connectivity index (χ3v) is 6.58. The van der Waals surface area contributed by atoms with E-state index in [1.807, 2.05) is 0 Å². The second-order valence-electron chi connectivity index (χ2n) is 6.88. The van der Waals surface area contributed by atoms with E-state index < -0.39 is 21.4 Å². The fraction of sp³-hybridized carbons (Fsp3) is 0.0909. The fourth-order valence-electron chi connectivity index (χ4n) is 3.20. The predicted molar refractivity (Wildman–Crippen MR) is 114 cm³/mol. The number of rotatable bonds is 4. The molecule has 0 unspecified atom stereocenters. The van der Waals surface area contributed by atoms with Gasteiger partial charge in [-0.15, -0.1) is 0 Å². The Bertz CT molecular complexity index is 1430. The maximum Gasteiger partial charge on any atom is 0.279 e. The number of sulfonamides is 1. The van der Waals surface area contributed by atoms with Crippen LogP contribution in [0.4, 0.5) is 4.39 Å². The van der Waals surface area contributed by atoms with Crippen molar-refractivity contribution in [1.82, 2.24) is 14.1 Å². The lowest BCUT2D eigenvalue weighted by Gasteiger charge is -2.14. The topological polar surface area (TPSA) is 72.3 Å². The molecule has 30 heavy (non-hydrogen) atoms. The predicted octanol–water partition coefficient (Wildman–Crippen LogP) is 3.44. The van der Waals surface area contributed by atoms with Crippen molar-refractivity contribution in [3.05, 3.63) is 89.0 Å². The molecule has 0 saturated heterocycles. The highest BCUT2D eigenvalue weighted by Gasteiger charge is 2.20. The summed E-state index contributed by atoms with van der Waals surface area (Å²) >= 11 is 0. The summed E-state index contributed by atoms with van der Waals surface area (Å²) in [5.74, 6) is -0.586. The standard InChI is InChI=1S/C22H18FN3O3S/c1-25(2)30(28,29)16-9-7-8-15(14-16)21-17-10-3-4-11-18(17)22(27)26(24-21)20-13-6-5-12-19(20)23/h3-14H,1-2H3. The largest absolute Gasteiger partial charge is 0.279 e. The molecule has 0 aliphatic heterocycles. The molecule has 0 spiro atoms. The lowest BCUT2D eigenvalue weighted by atomic mass is 10.1. The van der Waals surface area contributed by atoms with Crippen molar-refractivity contribution in [3.63, 3.8) is 0 Å². The monoisotopic (exact) mass is 423 g/mol. The number of para-hydroxylation sites is 1. The Morgan fingerprint density at radius 3 is 2.27 bits per heavy atom. The molecule has 3 aromatic carbocycles. The second kappa shape index (κ2) is 7.47. The Kier molecular flexibility index (Phi) is 4.97. The first-order chi connectivity index (χ1) is 14.3. The normalized spacial score (nSPS) is 11.9. The molecular formula is C22H18FN3O3S. The highest BCUT2D eigenvalue weighted by Crippen LogP contribution is 2.28. The maximum absolute atomic E-state index is 14.4. The molecule has 0 radical (unpaired) electrons. The first kappa shape index (κ1) is 19.9. The van der Waals surface area contributed by atoms with Gasteiger partial charge in [0, 0.05) is 25.0 Å². The third-order valence-electron chi connectivity index (χ3n) is 4.77. The van der Waals surface area contributed by atoms with Crippen molar-refractivity contribution in [3.8, 4) is 16.9 Å². The van der Waals surface area contributed by atoms with E-state index in [1.165, 1.54) is 44.4 Å². The molecule has 0 bridgehead atoms. The van der Waals surface area contributed by atoms with Crippen LogP contribution in [0.2, 0.25) is 0 Å². The second-order valence-corrected chi connectivity index (χ2v) is 9.03. The van der Waals surface area contributed by atoms with Crippen LogP contribution in [-0.4, -0.2) is 36.6 Å². The van der Waals surface area contributed by atoms with Gasteiger partial charge >= 0.3 is 0 Å². The molecule has 0 N–H and O–H groups in total. The van der Waals surface area contributed by atoms with Gasteiger partial charge in [0.1, 0.15) is 11.5 Å². The van der Waals surface area contributed by atoms with Crippen LogP contribution in [0.1, 0.15) is 0 Å². The first-order valence-electron chi connectivity index (χ1n) is 9.10. The van der Waals surface area contributed by atoms with Crippen molar-refractivity contribution >= 4 is 20.8 Å². The van der Waals surface area contributed by atoms with E-state index in [-0.39, 0.29) is 10.6 Å². The molecule has 6 nitrogen and oxygen atoms in total. The number of hydrogen-bond donors (Lipinski definition) is 0. The zero-order valence-corrected chi connectivity index (χ0v) is 17.1. The van der Waals surface area contributed by atoms with Crippen LogP contribution in [0.15, 0.2) is 82.5 Å². The molecule has 152 valence electrons. The van der Waals surface area contributed by atoms with Crippen LogP contribution < -0.4 is 5.56 Å². The molecule has 1 aromatic heterocycles. The molecule has 0 fully saturated rings. The van der Waals surface area contributed by atoms with Gasteiger partial charge in [-0.25, -0.2) is 17.1 Å². The summed E-state index contributed by atoms with van der Waals surface area (Å²) in [5.41, 5.74) is 0.437. The molecule has 0 amide bonds. The van der Waals surface area contributed by atoms with Gasteiger partial charge in [-0.1, -0.05) is 42.5 Å². The molecule has 0 aliphatic carbocycles. The summed E-state index contributed by atoms with van der Waals surface area (Å²) in [5, 5.41) is 5.33. The molecular weight excluding hydrogens is 405 g/mol. The van der Waals surface area contributed by atoms with E-state index in [9.17, 15) is 17.6 Å². The summed E-state index contributed by atoms with van der Waals surface area (Å²) in [6.45, 7) is 0. The molecule has 0 saturated carbocycles. The summed E-state index contributed by atoms with van der Waals surface area (Å²) in [6.07, 6.45) is 0. The van der Waals surface area contributed by atoms with E-state index in [4.69, 9.17) is 0 Å². The molecule has 4 aromatic rings. The van der Waals surface area contributed by atoms with Crippen LogP contribution in [0.3, 0.4) is 0 Å². The quantitative estimate of drug-likeness (QED) is 0.504. The minimum absolute atomic E-state index is 0.0200. The Labute approximate surface area is 172 Å². The summed E-state index contributed by atoms with van der Waals surface area (Å²) < 4.78 is 41.7. The summed E-state index contributed by atoms with van der Waals surface area (Å²) in [6, 6.07) is 19.0. The Morgan fingerprint density at radius 1 is 0.900 bits per heavy atom. The first-order valence-corrected chi connectivity index (χ1v) is 10.5. The summed E-state index contributed by atoms with van der Waals surface area (Å²) in [7, 11) is -0.756. The number of benzene rings is 3. The van der Waals surface area contributed by atoms with E-state index >= 15 is 0 Å². The average molecular weight is 423 g/mol. The summed E-state index contributed by atoms with van der Waals surface area (Å²) in [4.78, 5) is 13.1. The highest BCUT2D eigenvalue weighted by atomic mass is 32.2. The van der Waals surface area contributed by atoms with E-state index in [0.717, 1.165) is 8.99 Å². The van der Waals surface area contributed by atoms with Gasteiger partial charge in [-0.3, -0.25) is 4.79 Å². The fourth-order valence-corrected chi connectivity index (χ4v) is 4.15. The van der Waals surface area contributed by atoms with Crippen molar-refractivity contribution in [2.75, 3.05) is 14.1 Å². The lowest BCUT2D eigenvalue weighted by Crippen LogP contribution is -2.23. The van der Waals surface area contributed by atoms with Crippen molar-refractivity contribution in [1.29, 1.82) is 0 Å². The SMILES string of the molecule is CN(C)S(=O)(=O)c1cccc(-c2nn(-c3ccccc3F)c(=O)c3ccccc23)c1. The van der Waals surface area contributed by atoms with Crippen molar-refractivity contribution in [2.45, 2.75) is 4.90 Å². The van der Waals surface area contributed by atoms with Gasteiger partial charge in [-0.05, 0) is 30.3 Å². The van der Waals surface area contributed by atoms with Crippen LogP contribution in [0, 0.1) is 5.82 Å². The van der Waals surface area contributed by atoms with Gasteiger partial charge in [0.2, 0.25) is 10.0 Å². The molecule has 8 heteroatoms. The number of fused-ring (bicyclic) bond motifs is 1. The van der Waals surface area contributed by atoms with E-state index in [0.29, 0.717) is 22.0 Å². The van der Waals surface area contributed by atoms with Gasteiger partial charge < -0.3 is 0 Å². The van der Waals surface area contributed by atoms with Crippen LogP contribution in [0.5, 0.6) is 0 Å². The van der Waals surface area contributed by atoms with Crippen LogP contribution in [-0.2, 0) is 10.0 Å². The average Bonchev–Trinajstić information content (AvgIpc) is 2.75. The zero-order valence-electron chi connectivity index (χ0n) is 16.3.